The van der Waals surface area contributed by atoms with E-state index in [4.69, 9.17) is 10.8 Å². The van der Waals surface area contributed by atoms with E-state index >= 15 is 0 Å². The first kappa shape index (κ1) is 16.4. The van der Waals surface area contributed by atoms with Crippen LogP contribution in [0.1, 0.15) is 27.2 Å². The van der Waals surface area contributed by atoms with Crippen LogP contribution in [0.4, 0.5) is 0 Å². The second-order valence-electron chi connectivity index (χ2n) is 4.10. The lowest BCUT2D eigenvalue weighted by Gasteiger charge is -2.27. The van der Waals surface area contributed by atoms with E-state index in [-0.39, 0.29) is 6.54 Å². The van der Waals surface area contributed by atoms with Crippen molar-refractivity contribution in [3.63, 3.8) is 0 Å². The topological polar surface area (TPSA) is 69.8 Å². The maximum Gasteiger partial charge on any atom is 0.322 e. The van der Waals surface area contributed by atoms with E-state index < -0.39 is 12.0 Å². The smallest absolute Gasteiger partial charge is 0.322 e. The van der Waals surface area contributed by atoms with Crippen molar-refractivity contribution in [3.05, 3.63) is 0 Å². The molecule has 0 aliphatic heterocycles. The SMILES string of the molecule is CCN(CC)CCCN(CC)C(CN)C(=O)O. The number of carbonyl (C=O) groups is 1. The van der Waals surface area contributed by atoms with Crippen LogP contribution in [-0.4, -0.2) is 66.2 Å². The average molecular weight is 245 g/mol. The van der Waals surface area contributed by atoms with Gasteiger partial charge in [-0.15, -0.1) is 0 Å². The highest BCUT2D eigenvalue weighted by Crippen LogP contribution is 2.01. The second kappa shape index (κ2) is 9.39. The number of hydrogen-bond acceptors (Lipinski definition) is 4. The second-order valence-corrected chi connectivity index (χ2v) is 4.10. The van der Waals surface area contributed by atoms with Gasteiger partial charge in [0.05, 0.1) is 0 Å². The van der Waals surface area contributed by atoms with Gasteiger partial charge >= 0.3 is 5.97 Å². The number of carboxylic acid groups (broad SMARTS) is 1. The molecule has 0 aliphatic carbocycles. The molecule has 0 aromatic carbocycles. The molecule has 102 valence electrons. The fraction of sp³-hybridized carbons (Fsp3) is 0.917. The van der Waals surface area contributed by atoms with Crippen molar-refractivity contribution in [1.82, 2.24) is 9.80 Å². The van der Waals surface area contributed by atoms with Gasteiger partial charge < -0.3 is 15.7 Å². The summed E-state index contributed by atoms with van der Waals surface area (Å²) in [4.78, 5) is 15.3. The zero-order valence-electron chi connectivity index (χ0n) is 11.4. The number of likely N-dealkylation sites (N-methyl/N-ethyl adjacent to an activating group) is 1. The Morgan fingerprint density at radius 1 is 1.18 bits per heavy atom. The molecule has 1 atom stereocenters. The van der Waals surface area contributed by atoms with Gasteiger partial charge in [-0.05, 0) is 32.6 Å². The fourth-order valence-electron chi connectivity index (χ4n) is 1.98. The Labute approximate surface area is 105 Å². The van der Waals surface area contributed by atoms with E-state index in [9.17, 15) is 4.79 Å². The summed E-state index contributed by atoms with van der Waals surface area (Å²) in [6, 6.07) is -0.545. The summed E-state index contributed by atoms with van der Waals surface area (Å²) in [5.41, 5.74) is 5.50. The van der Waals surface area contributed by atoms with Crippen molar-refractivity contribution in [3.8, 4) is 0 Å². The summed E-state index contributed by atoms with van der Waals surface area (Å²) in [6.07, 6.45) is 0.985. The van der Waals surface area contributed by atoms with Crippen molar-refractivity contribution in [2.24, 2.45) is 5.73 Å². The van der Waals surface area contributed by atoms with Crippen LogP contribution in [0.5, 0.6) is 0 Å². The maximum atomic E-state index is 11.0. The molecule has 0 bridgehead atoms. The Kier molecular flexibility index (Phi) is 9.03. The molecule has 1 unspecified atom stereocenters. The summed E-state index contributed by atoms with van der Waals surface area (Å²) in [5.74, 6) is -0.822. The molecular weight excluding hydrogens is 218 g/mol. The molecule has 0 saturated heterocycles. The highest BCUT2D eigenvalue weighted by atomic mass is 16.4. The van der Waals surface area contributed by atoms with E-state index in [1.807, 2.05) is 11.8 Å². The third-order valence-electron chi connectivity index (χ3n) is 3.17. The molecule has 0 saturated carbocycles. The van der Waals surface area contributed by atoms with Gasteiger partial charge in [0.15, 0.2) is 0 Å². The predicted octanol–water partition coefficient (Wildman–Crippen LogP) is 0.452. The predicted molar refractivity (Wildman–Crippen MR) is 70.1 cm³/mol. The molecule has 0 spiro atoms. The molecular formula is C12H27N3O2. The molecule has 0 fully saturated rings. The lowest BCUT2D eigenvalue weighted by atomic mass is 10.2. The minimum absolute atomic E-state index is 0.175. The van der Waals surface area contributed by atoms with Crippen LogP contribution in [-0.2, 0) is 4.79 Å². The van der Waals surface area contributed by atoms with E-state index in [1.54, 1.807) is 0 Å². The zero-order chi connectivity index (χ0) is 13.3. The molecule has 0 amide bonds. The highest BCUT2D eigenvalue weighted by Gasteiger charge is 2.22. The average Bonchev–Trinajstić information content (AvgIpc) is 2.32. The number of nitrogens with zero attached hydrogens (tertiary/aromatic N) is 2. The molecule has 0 rings (SSSR count). The summed E-state index contributed by atoms with van der Waals surface area (Å²) in [7, 11) is 0. The molecule has 5 nitrogen and oxygen atoms in total. The van der Waals surface area contributed by atoms with Gasteiger partial charge in [0.1, 0.15) is 6.04 Å². The molecule has 0 aromatic heterocycles. The largest absolute Gasteiger partial charge is 0.480 e. The van der Waals surface area contributed by atoms with Crippen LogP contribution in [0.15, 0.2) is 0 Å². The van der Waals surface area contributed by atoms with Crippen LogP contribution in [0.25, 0.3) is 0 Å². The van der Waals surface area contributed by atoms with Gasteiger partial charge in [0, 0.05) is 13.1 Å². The standard InChI is InChI=1S/C12H27N3O2/c1-4-14(5-2)8-7-9-15(6-3)11(10-13)12(16)17/h11H,4-10,13H2,1-3H3,(H,16,17). The van der Waals surface area contributed by atoms with Crippen molar-refractivity contribution >= 4 is 5.97 Å². The molecule has 0 aliphatic rings. The van der Waals surface area contributed by atoms with Crippen LogP contribution in [0, 0.1) is 0 Å². The van der Waals surface area contributed by atoms with Gasteiger partial charge in [-0.3, -0.25) is 9.69 Å². The molecule has 0 aromatic rings. The van der Waals surface area contributed by atoms with E-state index in [0.29, 0.717) is 0 Å². The van der Waals surface area contributed by atoms with Crippen LogP contribution >= 0.6 is 0 Å². The minimum Gasteiger partial charge on any atom is -0.480 e. The van der Waals surface area contributed by atoms with Crippen molar-refractivity contribution in [2.75, 3.05) is 39.3 Å². The molecule has 0 heterocycles. The van der Waals surface area contributed by atoms with E-state index in [1.165, 1.54) is 0 Å². The van der Waals surface area contributed by atoms with Crippen LogP contribution in [0.2, 0.25) is 0 Å². The summed E-state index contributed by atoms with van der Waals surface area (Å²) in [5, 5.41) is 9.04. The molecule has 3 N–H and O–H groups in total. The van der Waals surface area contributed by atoms with Crippen molar-refractivity contribution in [1.29, 1.82) is 0 Å². The number of aliphatic carboxylic acids is 1. The molecule has 0 radical (unpaired) electrons. The first-order valence-corrected chi connectivity index (χ1v) is 6.49. The summed E-state index contributed by atoms with van der Waals surface area (Å²) < 4.78 is 0. The Balaban J connectivity index is 4.08. The number of hydrogen-bond donors (Lipinski definition) is 2. The fourth-order valence-corrected chi connectivity index (χ4v) is 1.98. The molecule has 5 heteroatoms. The zero-order valence-corrected chi connectivity index (χ0v) is 11.4. The van der Waals surface area contributed by atoms with E-state index in [2.05, 4.69) is 18.7 Å². The van der Waals surface area contributed by atoms with Gasteiger partial charge in [-0.2, -0.15) is 0 Å². The summed E-state index contributed by atoms with van der Waals surface area (Å²) >= 11 is 0. The minimum atomic E-state index is -0.822. The maximum absolute atomic E-state index is 11.0. The van der Waals surface area contributed by atoms with Gasteiger partial charge in [-0.1, -0.05) is 20.8 Å². The number of rotatable bonds is 10. The lowest BCUT2D eigenvalue weighted by molar-refractivity contribution is -0.142. The first-order valence-electron chi connectivity index (χ1n) is 6.49. The van der Waals surface area contributed by atoms with Crippen LogP contribution in [0.3, 0.4) is 0 Å². The first-order chi connectivity index (χ1) is 8.10. The Morgan fingerprint density at radius 2 is 1.76 bits per heavy atom. The van der Waals surface area contributed by atoms with Gasteiger partial charge in [0.2, 0.25) is 0 Å². The Morgan fingerprint density at radius 3 is 2.12 bits per heavy atom. The highest BCUT2D eigenvalue weighted by molar-refractivity contribution is 5.73. The van der Waals surface area contributed by atoms with Gasteiger partial charge in [-0.25, -0.2) is 0 Å². The molecule has 17 heavy (non-hydrogen) atoms. The summed E-state index contributed by atoms with van der Waals surface area (Å²) in [6.45, 7) is 11.1. The van der Waals surface area contributed by atoms with Crippen LogP contribution < -0.4 is 5.73 Å². The normalized spacial score (nSPS) is 13.3. The van der Waals surface area contributed by atoms with Crippen molar-refractivity contribution < 1.29 is 9.90 Å². The van der Waals surface area contributed by atoms with Crippen molar-refractivity contribution in [2.45, 2.75) is 33.2 Å². The quantitative estimate of drug-likeness (QED) is 0.585. The number of carboxylic acids is 1. The lowest BCUT2D eigenvalue weighted by Crippen LogP contribution is -2.47. The van der Waals surface area contributed by atoms with Gasteiger partial charge in [0.25, 0.3) is 0 Å². The Bertz CT molecular complexity index is 208. The third kappa shape index (κ3) is 6.00. The number of nitrogens with two attached hydrogens (primary N) is 1. The van der Waals surface area contributed by atoms with E-state index in [0.717, 1.165) is 39.1 Å². The third-order valence-corrected chi connectivity index (χ3v) is 3.17. The monoisotopic (exact) mass is 245 g/mol. The Hall–Kier alpha value is -0.650.